The van der Waals surface area contributed by atoms with Gasteiger partial charge in [-0.05, 0) is 13.8 Å². The zero-order valence-electron chi connectivity index (χ0n) is 9.01. The molecule has 0 aromatic carbocycles. The minimum Gasteiger partial charge on any atom is -0.350 e. The summed E-state index contributed by atoms with van der Waals surface area (Å²) in [6.45, 7) is 5.24. The topological polar surface area (TPSA) is 36.9 Å². The summed E-state index contributed by atoms with van der Waals surface area (Å²) in [5, 5.41) is 0. The minimum atomic E-state index is -0.489. The monoisotopic (exact) mass is 212 g/mol. The Morgan fingerprint density at radius 1 is 0.933 bits per heavy atom. The molecule has 0 spiro atoms. The van der Waals surface area contributed by atoms with Gasteiger partial charge in [0.1, 0.15) is 12.2 Å². The molecule has 1 aliphatic carbocycles. The molecule has 0 N–H and O–H groups in total. The third-order valence-corrected chi connectivity index (χ3v) is 3.41. The van der Waals surface area contributed by atoms with Gasteiger partial charge in [0, 0.05) is 11.8 Å². The fourth-order valence-corrected chi connectivity index (χ4v) is 2.40. The van der Waals surface area contributed by atoms with Gasteiger partial charge >= 0.3 is 0 Å². The molecule has 0 radical (unpaired) electrons. The highest BCUT2D eigenvalue weighted by atomic mass is 17.2. The number of rotatable bonds is 0. The molecule has 4 rings (SSSR count). The SMILES string of the molecule is CC1(C)OC[C@@H]2[C@H](CO1)[C@@H]1C=C[C@H]2OO1. The van der Waals surface area contributed by atoms with E-state index in [1.165, 1.54) is 0 Å². The van der Waals surface area contributed by atoms with Crippen molar-refractivity contribution in [2.45, 2.75) is 31.8 Å². The summed E-state index contributed by atoms with van der Waals surface area (Å²) < 4.78 is 11.4. The number of ether oxygens (including phenoxy) is 2. The second-order valence-corrected chi connectivity index (χ2v) is 4.86. The Hall–Kier alpha value is -0.420. The van der Waals surface area contributed by atoms with Crippen molar-refractivity contribution in [3.63, 3.8) is 0 Å². The van der Waals surface area contributed by atoms with Crippen molar-refractivity contribution in [1.82, 2.24) is 0 Å². The summed E-state index contributed by atoms with van der Waals surface area (Å²) in [5.74, 6) is 0.225. The summed E-state index contributed by atoms with van der Waals surface area (Å²) in [5.41, 5.74) is 0. The van der Waals surface area contributed by atoms with E-state index in [1.807, 2.05) is 13.8 Å². The summed E-state index contributed by atoms with van der Waals surface area (Å²) in [7, 11) is 0. The third kappa shape index (κ3) is 1.61. The van der Waals surface area contributed by atoms with Gasteiger partial charge < -0.3 is 9.47 Å². The molecule has 0 saturated carbocycles. The predicted molar refractivity (Wildman–Crippen MR) is 51.8 cm³/mol. The van der Waals surface area contributed by atoms with Gasteiger partial charge in [-0.3, -0.25) is 0 Å². The van der Waals surface area contributed by atoms with Crippen LogP contribution in [0.1, 0.15) is 13.8 Å². The van der Waals surface area contributed by atoms with Crippen LogP contribution < -0.4 is 0 Å². The van der Waals surface area contributed by atoms with Gasteiger partial charge in [-0.2, -0.15) is 0 Å². The van der Waals surface area contributed by atoms with Crippen LogP contribution in [0.15, 0.2) is 12.2 Å². The van der Waals surface area contributed by atoms with Crippen LogP contribution in [0.3, 0.4) is 0 Å². The number of fused-ring (bicyclic) bond motifs is 1. The van der Waals surface area contributed by atoms with E-state index < -0.39 is 5.79 Å². The summed E-state index contributed by atoms with van der Waals surface area (Å²) >= 11 is 0. The van der Waals surface area contributed by atoms with E-state index in [4.69, 9.17) is 19.2 Å². The van der Waals surface area contributed by atoms with E-state index in [-0.39, 0.29) is 12.2 Å². The summed E-state index contributed by atoms with van der Waals surface area (Å²) in [6.07, 6.45) is 4.18. The molecule has 0 unspecified atom stereocenters. The van der Waals surface area contributed by atoms with E-state index in [9.17, 15) is 0 Å². The summed E-state index contributed by atoms with van der Waals surface area (Å²) in [6, 6.07) is 0. The molecule has 2 fully saturated rings. The molecule has 2 bridgehead atoms. The van der Waals surface area contributed by atoms with Crippen LogP contribution in [0, 0.1) is 11.8 Å². The van der Waals surface area contributed by atoms with E-state index in [0.717, 1.165) is 0 Å². The van der Waals surface area contributed by atoms with Crippen LogP contribution in [0.2, 0.25) is 0 Å². The van der Waals surface area contributed by atoms with Crippen LogP contribution in [0.5, 0.6) is 0 Å². The van der Waals surface area contributed by atoms with E-state index in [0.29, 0.717) is 25.0 Å². The van der Waals surface area contributed by atoms with Crippen molar-refractivity contribution in [1.29, 1.82) is 0 Å². The molecule has 4 heteroatoms. The van der Waals surface area contributed by atoms with Crippen molar-refractivity contribution in [3.05, 3.63) is 12.2 Å². The first kappa shape index (κ1) is 9.78. The van der Waals surface area contributed by atoms with Crippen LogP contribution >= 0.6 is 0 Å². The Kier molecular flexibility index (Phi) is 2.14. The normalized spacial score (nSPS) is 47.3. The second kappa shape index (κ2) is 3.28. The Morgan fingerprint density at radius 2 is 1.40 bits per heavy atom. The molecule has 15 heavy (non-hydrogen) atoms. The fraction of sp³-hybridized carbons (Fsp3) is 0.818. The van der Waals surface area contributed by atoms with Gasteiger partial charge in [-0.1, -0.05) is 12.2 Å². The lowest BCUT2D eigenvalue weighted by atomic mass is 9.79. The number of hydrogen-bond acceptors (Lipinski definition) is 4. The van der Waals surface area contributed by atoms with Crippen LogP contribution in [0.4, 0.5) is 0 Å². The van der Waals surface area contributed by atoms with Gasteiger partial charge in [0.15, 0.2) is 5.79 Å². The number of hydrogen-bond donors (Lipinski definition) is 0. The average Bonchev–Trinajstić information content (AvgIpc) is 2.41. The molecule has 0 aromatic rings. The molecule has 4 nitrogen and oxygen atoms in total. The fourth-order valence-electron chi connectivity index (χ4n) is 2.40. The first-order valence-electron chi connectivity index (χ1n) is 5.44. The van der Waals surface area contributed by atoms with Gasteiger partial charge in [0.2, 0.25) is 0 Å². The standard InChI is InChI=1S/C11H16O4/c1-11(2)12-5-7-8(6-13-11)10-4-3-9(7)14-15-10/h3-4,7-10H,5-6H2,1-2H3/t7-,8+,9-,10+. The maximum absolute atomic E-state index is 5.72. The predicted octanol–water partition coefficient (Wildman–Crippen LogP) is 1.27. The molecular formula is C11H16O4. The van der Waals surface area contributed by atoms with Crippen molar-refractivity contribution in [3.8, 4) is 0 Å². The van der Waals surface area contributed by atoms with Crippen molar-refractivity contribution < 1.29 is 19.2 Å². The Morgan fingerprint density at radius 3 is 1.80 bits per heavy atom. The molecule has 84 valence electrons. The highest BCUT2D eigenvalue weighted by molar-refractivity contribution is 5.09. The smallest absolute Gasteiger partial charge is 0.162 e. The zero-order valence-corrected chi connectivity index (χ0v) is 9.01. The largest absolute Gasteiger partial charge is 0.350 e. The summed E-state index contributed by atoms with van der Waals surface area (Å²) in [4.78, 5) is 10.5. The lowest BCUT2D eigenvalue weighted by molar-refractivity contribution is -0.390. The minimum absolute atomic E-state index is 0.0255. The van der Waals surface area contributed by atoms with Crippen molar-refractivity contribution >= 4 is 0 Å². The lowest BCUT2D eigenvalue weighted by Crippen LogP contribution is -2.48. The first-order valence-corrected chi connectivity index (χ1v) is 5.44. The maximum atomic E-state index is 5.72. The lowest BCUT2D eigenvalue weighted by Gasteiger charge is -2.41. The van der Waals surface area contributed by atoms with Crippen LogP contribution in [0.25, 0.3) is 0 Å². The Balaban J connectivity index is 1.83. The van der Waals surface area contributed by atoms with E-state index >= 15 is 0 Å². The third-order valence-electron chi connectivity index (χ3n) is 3.41. The van der Waals surface area contributed by atoms with Gasteiger partial charge in [-0.25, -0.2) is 9.78 Å². The molecule has 4 aliphatic rings. The molecular weight excluding hydrogens is 196 g/mol. The van der Waals surface area contributed by atoms with E-state index in [2.05, 4.69) is 12.2 Å². The van der Waals surface area contributed by atoms with Gasteiger partial charge in [0.25, 0.3) is 0 Å². The molecule has 4 atom stereocenters. The Labute approximate surface area is 89.1 Å². The molecule has 3 aliphatic heterocycles. The van der Waals surface area contributed by atoms with Crippen molar-refractivity contribution in [2.75, 3.05) is 13.2 Å². The average molecular weight is 212 g/mol. The zero-order chi connectivity index (χ0) is 10.5. The molecule has 0 aromatic heterocycles. The van der Waals surface area contributed by atoms with Crippen molar-refractivity contribution in [2.24, 2.45) is 11.8 Å². The molecule has 0 amide bonds. The highest BCUT2D eigenvalue weighted by Crippen LogP contribution is 2.39. The van der Waals surface area contributed by atoms with Crippen LogP contribution in [-0.4, -0.2) is 31.2 Å². The van der Waals surface area contributed by atoms with E-state index in [1.54, 1.807) is 0 Å². The maximum Gasteiger partial charge on any atom is 0.162 e. The van der Waals surface area contributed by atoms with Crippen LogP contribution in [-0.2, 0) is 19.2 Å². The Bertz CT molecular complexity index is 260. The van der Waals surface area contributed by atoms with Gasteiger partial charge in [0.05, 0.1) is 13.2 Å². The highest BCUT2D eigenvalue weighted by Gasteiger charge is 2.46. The van der Waals surface area contributed by atoms with Gasteiger partial charge in [-0.15, -0.1) is 0 Å². The second-order valence-electron chi connectivity index (χ2n) is 4.86. The quantitative estimate of drug-likeness (QED) is 0.447. The molecule has 3 heterocycles. The first-order chi connectivity index (χ1) is 7.16. The molecule has 2 saturated heterocycles.